The molecule has 0 amide bonds. The van der Waals surface area contributed by atoms with Crippen molar-refractivity contribution >= 4 is 11.6 Å². The number of carbonyl (C=O) groups excluding carboxylic acids is 1. The molecule has 1 rings (SSSR count). The van der Waals surface area contributed by atoms with Gasteiger partial charge in [-0.1, -0.05) is 21.3 Å². The molecular formula is C18H37N5O. The largest absolute Gasteiger partial charge is 0.384 e. The molecule has 0 saturated carbocycles. The highest BCUT2D eigenvalue weighted by Crippen LogP contribution is 2.18. The Kier molecular flexibility index (Phi) is 15.3. The van der Waals surface area contributed by atoms with E-state index in [4.69, 9.17) is 16.7 Å². The zero-order valence-corrected chi connectivity index (χ0v) is 15.8. The van der Waals surface area contributed by atoms with Crippen LogP contribution in [0.25, 0.3) is 0 Å². The molecule has 0 aromatic carbocycles. The lowest BCUT2D eigenvalue weighted by Gasteiger charge is -2.06. The smallest absolute Gasteiger partial charge is 0.146 e. The summed E-state index contributed by atoms with van der Waals surface area (Å²) in [5, 5.41) is 12.3. The van der Waals surface area contributed by atoms with Crippen molar-refractivity contribution in [2.45, 2.75) is 68.9 Å². The van der Waals surface area contributed by atoms with Gasteiger partial charge in [0, 0.05) is 11.6 Å². The summed E-state index contributed by atoms with van der Waals surface area (Å²) in [6.07, 6.45) is 0. The molecular weight excluding hydrogens is 302 g/mol. The predicted octanol–water partition coefficient (Wildman–Crippen LogP) is 3.64. The van der Waals surface area contributed by atoms with Crippen molar-refractivity contribution in [2.24, 2.45) is 17.6 Å². The van der Waals surface area contributed by atoms with Crippen molar-refractivity contribution in [3.63, 3.8) is 0 Å². The molecule has 1 aromatic heterocycles. The van der Waals surface area contributed by atoms with Gasteiger partial charge in [0.1, 0.15) is 17.5 Å². The summed E-state index contributed by atoms with van der Waals surface area (Å²) in [4.78, 5) is 10.2. The van der Waals surface area contributed by atoms with Crippen molar-refractivity contribution in [3.05, 3.63) is 11.3 Å². The van der Waals surface area contributed by atoms with Crippen LogP contribution in [0.2, 0.25) is 0 Å². The van der Waals surface area contributed by atoms with Crippen molar-refractivity contribution < 1.29 is 4.79 Å². The molecule has 6 nitrogen and oxygen atoms in total. The highest BCUT2D eigenvalue weighted by molar-refractivity contribution is 5.80. The van der Waals surface area contributed by atoms with Gasteiger partial charge in [0.15, 0.2) is 0 Å². The topological polar surface area (TPSA) is 111 Å². The lowest BCUT2D eigenvalue weighted by atomic mass is 10.1. The minimum Gasteiger partial charge on any atom is -0.384 e. The Bertz CT molecular complexity index is 512. The first-order valence-corrected chi connectivity index (χ1v) is 7.90. The molecule has 140 valence electrons. The molecule has 0 radical (unpaired) electrons. The zero-order chi connectivity index (χ0) is 18.7. The number of aryl methyl sites for hydroxylation is 1. The molecule has 1 unspecified atom stereocenters. The Hall–Kier alpha value is -1.87. The summed E-state index contributed by atoms with van der Waals surface area (Å²) in [5.41, 5.74) is 13.1. The summed E-state index contributed by atoms with van der Waals surface area (Å²) in [5.74, 6) is 0.954. The number of nitrogens with two attached hydrogens (primary N) is 2. The Labute approximate surface area is 148 Å². The second-order valence-electron chi connectivity index (χ2n) is 6.22. The third-order valence-electron chi connectivity index (χ3n) is 3.20. The molecule has 0 saturated heterocycles. The van der Waals surface area contributed by atoms with E-state index in [2.05, 4.69) is 32.8 Å². The van der Waals surface area contributed by atoms with Crippen LogP contribution < -0.4 is 11.5 Å². The normalized spacial score (nSPS) is 10.6. The van der Waals surface area contributed by atoms with E-state index in [-0.39, 0.29) is 13.2 Å². The molecule has 0 aliphatic heterocycles. The fourth-order valence-electron chi connectivity index (χ4n) is 1.13. The molecule has 1 heterocycles. The van der Waals surface area contributed by atoms with E-state index in [1.807, 2.05) is 24.6 Å². The fraction of sp³-hybridized carbons (Fsp3) is 0.722. The maximum atomic E-state index is 10.2. The third-order valence-corrected chi connectivity index (χ3v) is 3.20. The molecule has 24 heavy (non-hydrogen) atoms. The summed E-state index contributed by atoms with van der Waals surface area (Å²) >= 11 is 0. The lowest BCUT2D eigenvalue weighted by molar-refractivity contribution is -0.118. The molecule has 0 spiro atoms. The maximum Gasteiger partial charge on any atom is 0.146 e. The maximum absolute atomic E-state index is 10.2. The second kappa shape index (κ2) is 13.6. The predicted molar refractivity (Wildman–Crippen MR) is 103 cm³/mol. The van der Waals surface area contributed by atoms with Crippen LogP contribution in [0.5, 0.6) is 0 Å². The van der Waals surface area contributed by atoms with E-state index in [1.54, 1.807) is 6.92 Å². The first-order valence-electron chi connectivity index (χ1n) is 7.90. The zero-order valence-electron chi connectivity index (χ0n) is 15.8. The van der Waals surface area contributed by atoms with Crippen molar-refractivity contribution in [1.82, 2.24) is 9.78 Å². The van der Waals surface area contributed by atoms with Crippen LogP contribution in [0.3, 0.4) is 0 Å². The minimum atomic E-state index is -0.431. The average Bonchev–Trinajstić information content (AvgIpc) is 2.75. The van der Waals surface area contributed by atoms with Gasteiger partial charge in [0.25, 0.3) is 0 Å². The monoisotopic (exact) mass is 339 g/mol. The number of anilines is 1. The molecule has 0 aliphatic rings. The second-order valence-corrected chi connectivity index (χ2v) is 6.22. The Morgan fingerprint density at radius 2 is 1.67 bits per heavy atom. The molecule has 1 aromatic rings. The average molecular weight is 340 g/mol. The SMILES string of the molecule is C.CC(=O)C(C)C#N.CC(C)CN.Cc1nn(C(C)C)c(N)c1C. The minimum absolute atomic E-state index is 0. The fourth-order valence-corrected chi connectivity index (χ4v) is 1.13. The van der Waals surface area contributed by atoms with E-state index in [9.17, 15) is 4.79 Å². The standard InChI is InChI=1S/C8H15N3.C5H7NO.C4H11N.CH4/c1-5(2)11-8(9)6(3)7(4)10-11;1-4(3-6)5(2)7;1-4(2)3-5;/h5H,9H2,1-4H3;4H,1-2H3;4H,3,5H2,1-2H3;1H4. The number of aromatic nitrogens is 2. The summed E-state index contributed by atoms with van der Waals surface area (Å²) < 4.78 is 1.85. The Balaban J connectivity index is -0.000000296. The van der Waals surface area contributed by atoms with Crippen LogP contribution >= 0.6 is 0 Å². The molecule has 4 N–H and O–H groups in total. The van der Waals surface area contributed by atoms with Crippen molar-refractivity contribution in [2.75, 3.05) is 12.3 Å². The summed E-state index contributed by atoms with van der Waals surface area (Å²) in [6.45, 7) is 16.1. The number of nitrogens with zero attached hydrogens (tertiary/aromatic N) is 3. The number of hydrogen-bond acceptors (Lipinski definition) is 5. The summed E-state index contributed by atoms with van der Waals surface area (Å²) in [7, 11) is 0. The number of Topliss-reactive ketones (excluding diaryl/α,β-unsaturated/α-hetero) is 1. The van der Waals surface area contributed by atoms with Crippen LogP contribution in [0.4, 0.5) is 5.82 Å². The molecule has 0 aliphatic carbocycles. The van der Waals surface area contributed by atoms with Gasteiger partial charge in [-0.15, -0.1) is 0 Å². The highest BCUT2D eigenvalue weighted by atomic mass is 16.1. The van der Waals surface area contributed by atoms with Crippen LogP contribution in [-0.2, 0) is 4.79 Å². The van der Waals surface area contributed by atoms with E-state index in [0.29, 0.717) is 12.0 Å². The van der Waals surface area contributed by atoms with Crippen molar-refractivity contribution in [3.8, 4) is 6.07 Å². The number of hydrogen-bond donors (Lipinski definition) is 2. The van der Waals surface area contributed by atoms with E-state index in [0.717, 1.165) is 23.6 Å². The van der Waals surface area contributed by atoms with Gasteiger partial charge in [0.05, 0.1) is 11.8 Å². The van der Waals surface area contributed by atoms with E-state index in [1.165, 1.54) is 6.92 Å². The van der Waals surface area contributed by atoms with Gasteiger partial charge >= 0.3 is 0 Å². The first kappa shape index (κ1) is 27.0. The highest BCUT2D eigenvalue weighted by Gasteiger charge is 2.09. The lowest BCUT2D eigenvalue weighted by Crippen LogP contribution is -2.07. The number of nitriles is 1. The van der Waals surface area contributed by atoms with Crippen LogP contribution in [0.1, 0.15) is 66.3 Å². The van der Waals surface area contributed by atoms with Gasteiger partial charge in [-0.2, -0.15) is 10.4 Å². The van der Waals surface area contributed by atoms with Crippen molar-refractivity contribution in [1.29, 1.82) is 5.26 Å². The summed E-state index contributed by atoms with van der Waals surface area (Å²) in [6, 6.07) is 2.16. The number of carbonyl (C=O) groups is 1. The molecule has 0 bridgehead atoms. The third kappa shape index (κ3) is 10.8. The Morgan fingerprint density at radius 3 is 1.75 bits per heavy atom. The molecule has 6 heteroatoms. The molecule has 0 fully saturated rings. The van der Waals surface area contributed by atoms with Gasteiger partial charge in [0.2, 0.25) is 0 Å². The first-order chi connectivity index (χ1) is 10.5. The van der Waals surface area contributed by atoms with Crippen LogP contribution in [0.15, 0.2) is 0 Å². The van der Waals surface area contributed by atoms with Gasteiger partial charge in [-0.25, -0.2) is 4.68 Å². The van der Waals surface area contributed by atoms with Gasteiger partial charge in [-0.3, -0.25) is 4.79 Å². The Morgan fingerprint density at radius 1 is 1.25 bits per heavy atom. The number of nitrogen functional groups attached to an aromatic ring is 1. The number of rotatable bonds is 3. The van der Waals surface area contributed by atoms with Crippen LogP contribution in [0, 0.1) is 37.0 Å². The molecule has 1 atom stereocenters. The van der Waals surface area contributed by atoms with Crippen LogP contribution in [-0.4, -0.2) is 22.1 Å². The van der Waals surface area contributed by atoms with E-state index < -0.39 is 5.92 Å². The van der Waals surface area contributed by atoms with Gasteiger partial charge in [-0.05, 0) is 54.0 Å². The number of ketones is 1. The van der Waals surface area contributed by atoms with E-state index >= 15 is 0 Å². The quantitative estimate of drug-likeness (QED) is 0.873. The van der Waals surface area contributed by atoms with Gasteiger partial charge < -0.3 is 11.5 Å².